The molecule has 2 rings (SSSR count). The van der Waals surface area contributed by atoms with Gasteiger partial charge in [0.15, 0.2) is 6.61 Å². The molecule has 0 saturated carbocycles. The molecule has 0 aliphatic carbocycles. The number of aryl methyl sites for hydroxylation is 2. The molecule has 0 bridgehead atoms. The number of hydrogen-bond donors (Lipinski definition) is 2. The minimum Gasteiger partial charge on any atom is -0.482 e. The van der Waals surface area contributed by atoms with E-state index in [0.717, 1.165) is 15.6 Å². The van der Waals surface area contributed by atoms with Gasteiger partial charge in [-0.3, -0.25) is 4.79 Å². The number of amides is 1. The predicted molar refractivity (Wildman–Crippen MR) is 88.6 cm³/mol. The standard InChI is InChI=1S/C16H17BrN2O2/c1-10-7-11(2)16(12(17)8-10)21-9-15(20)19-14-6-4-3-5-13(14)18/h3-8H,9,18H2,1-2H3,(H,19,20). The Hall–Kier alpha value is -2.01. The number of benzene rings is 2. The molecule has 4 nitrogen and oxygen atoms in total. The molecule has 0 aromatic heterocycles. The molecule has 1 amide bonds. The highest BCUT2D eigenvalue weighted by molar-refractivity contribution is 9.10. The first-order valence-electron chi connectivity index (χ1n) is 6.51. The largest absolute Gasteiger partial charge is 0.482 e. The summed E-state index contributed by atoms with van der Waals surface area (Å²) in [5.41, 5.74) is 9.01. The summed E-state index contributed by atoms with van der Waals surface area (Å²) in [5, 5.41) is 2.73. The Morgan fingerprint density at radius 2 is 2.00 bits per heavy atom. The highest BCUT2D eigenvalue weighted by Gasteiger charge is 2.10. The maximum Gasteiger partial charge on any atom is 0.262 e. The molecule has 0 saturated heterocycles. The monoisotopic (exact) mass is 348 g/mol. The van der Waals surface area contributed by atoms with Gasteiger partial charge in [0.1, 0.15) is 5.75 Å². The van der Waals surface area contributed by atoms with Crippen LogP contribution < -0.4 is 15.8 Å². The van der Waals surface area contributed by atoms with Gasteiger partial charge >= 0.3 is 0 Å². The van der Waals surface area contributed by atoms with Gasteiger partial charge in [0.25, 0.3) is 5.91 Å². The highest BCUT2D eigenvalue weighted by Crippen LogP contribution is 2.30. The van der Waals surface area contributed by atoms with Crippen LogP contribution in [0.25, 0.3) is 0 Å². The molecular weight excluding hydrogens is 332 g/mol. The maximum absolute atomic E-state index is 11.9. The third-order valence-electron chi connectivity index (χ3n) is 2.96. The van der Waals surface area contributed by atoms with E-state index in [1.165, 1.54) is 0 Å². The topological polar surface area (TPSA) is 64.3 Å². The molecule has 0 radical (unpaired) electrons. The molecule has 5 heteroatoms. The first-order valence-corrected chi connectivity index (χ1v) is 7.30. The molecule has 0 fully saturated rings. The van der Waals surface area contributed by atoms with Crippen molar-refractivity contribution in [3.63, 3.8) is 0 Å². The predicted octanol–water partition coefficient (Wildman–Crippen LogP) is 3.67. The van der Waals surface area contributed by atoms with E-state index in [9.17, 15) is 4.79 Å². The molecule has 0 atom stereocenters. The first kappa shape index (κ1) is 15.4. The van der Waals surface area contributed by atoms with E-state index < -0.39 is 0 Å². The van der Waals surface area contributed by atoms with Crippen LogP contribution in [-0.4, -0.2) is 12.5 Å². The van der Waals surface area contributed by atoms with Gasteiger partial charge in [-0.2, -0.15) is 0 Å². The zero-order valence-electron chi connectivity index (χ0n) is 11.9. The number of carbonyl (C=O) groups is 1. The Balaban J connectivity index is 2.01. The van der Waals surface area contributed by atoms with Crippen LogP contribution in [-0.2, 0) is 4.79 Å². The summed E-state index contributed by atoms with van der Waals surface area (Å²) in [6, 6.07) is 11.1. The summed E-state index contributed by atoms with van der Waals surface area (Å²) in [5.74, 6) is 0.427. The second kappa shape index (κ2) is 6.63. The van der Waals surface area contributed by atoms with E-state index in [1.54, 1.807) is 12.1 Å². The molecule has 0 unspecified atom stereocenters. The molecule has 0 heterocycles. The number of rotatable bonds is 4. The number of anilines is 2. The fourth-order valence-electron chi connectivity index (χ4n) is 2.02. The summed E-state index contributed by atoms with van der Waals surface area (Å²) >= 11 is 3.45. The van der Waals surface area contributed by atoms with Crippen LogP contribution in [0.4, 0.5) is 11.4 Å². The molecule has 0 spiro atoms. The average Bonchev–Trinajstić information content (AvgIpc) is 2.40. The van der Waals surface area contributed by atoms with Gasteiger partial charge in [0.05, 0.1) is 15.8 Å². The molecule has 110 valence electrons. The van der Waals surface area contributed by atoms with Gasteiger partial charge in [0.2, 0.25) is 0 Å². The summed E-state index contributed by atoms with van der Waals surface area (Å²) < 4.78 is 6.44. The van der Waals surface area contributed by atoms with Crippen LogP contribution in [0, 0.1) is 13.8 Å². The van der Waals surface area contributed by atoms with Crippen LogP contribution in [0.5, 0.6) is 5.75 Å². The third-order valence-corrected chi connectivity index (χ3v) is 3.55. The van der Waals surface area contributed by atoms with Gasteiger partial charge in [-0.1, -0.05) is 18.2 Å². The first-order chi connectivity index (χ1) is 9.97. The fourth-order valence-corrected chi connectivity index (χ4v) is 2.81. The normalized spacial score (nSPS) is 10.2. The Morgan fingerprint density at radius 1 is 1.29 bits per heavy atom. The van der Waals surface area contributed by atoms with Gasteiger partial charge in [0, 0.05) is 0 Å². The van der Waals surface area contributed by atoms with Gasteiger partial charge in [-0.05, 0) is 59.1 Å². The summed E-state index contributed by atoms with van der Waals surface area (Å²) in [7, 11) is 0. The Morgan fingerprint density at radius 3 is 2.67 bits per heavy atom. The number of nitrogens with two attached hydrogens (primary N) is 1. The zero-order chi connectivity index (χ0) is 15.4. The Labute approximate surface area is 132 Å². The molecule has 3 N–H and O–H groups in total. The van der Waals surface area contributed by atoms with Crippen LogP contribution in [0.15, 0.2) is 40.9 Å². The summed E-state index contributed by atoms with van der Waals surface area (Å²) in [4.78, 5) is 11.9. The smallest absolute Gasteiger partial charge is 0.262 e. The Kier molecular flexibility index (Phi) is 4.85. The fraction of sp³-hybridized carbons (Fsp3) is 0.188. The maximum atomic E-state index is 11.9. The number of nitrogen functional groups attached to an aromatic ring is 1. The van der Waals surface area contributed by atoms with E-state index in [4.69, 9.17) is 10.5 Å². The van der Waals surface area contributed by atoms with Gasteiger partial charge < -0.3 is 15.8 Å². The lowest BCUT2D eigenvalue weighted by Gasteiger charge is -2.13. The van der Waals surface area contributed by atoms with Gasteiger partial charge in [-0.25, -0.2) is 0 Å². The van der Waals surface area contributed by atoms with Crippen molar-refractivity contribution in [2.75, 3.05) is 17.7 Å². The van der Waals surface area contributed by atoms with Crippen molar-refractivity contribution in [1.82, 2.24) is 0 Å². The molecule has 2 aromatic carbocycles. The van der Waals surface area contributed by atoms with Crippen LogP contribution in [0.1, 0.15) is 11.1 Å². The number of nitrogens with one attached hydrogen (secondary N) is 1. The van der Waals surface area contributed by atoms with E-state index in [0.29, 0.717) is 17.1 Å². The molecule has 2 aromatic rings. The van der Waals surface area contributed by atoms with Crippen molar-refractivity contribution in [2.24, 2.45) is 0 Å². The van der Waals surface area contributed by atoms with E-state index >= 15 is 0 Å². The molecule has 0 aliphatic heterocycles. The van der Waals surface area contributed by atoms with E-state index in [-0.39, 0.29) is 12.5 Å². The minimum atomic E-state index is -0.250. The zero-order valence-corrected chi connectivity index (χ0v) is 13.5. The Bertz CT molecular complexity index is 648. The quantitative estimate of drug-likeness (QED) is 0.828. The lowest BCUT2D eigenvalue weighted by Crippen LogP contribution is -2.21. The van der Waals surface area contributed by atoms with Gasteiger partial charge in [-0.15, -0.1) is 0 Å². The molecular formula is C16H17BrN2O2. The lowest BCUT2D eigenvalue weighted by atomic mass is 10.1. The number of ether oxygens (including phenoxy) is 1. The lowest BCUT2D eigenvalue weighted by molar-refractivity contribution is -0.118. The van der Waals surface area contributed by atoms with E-state index in [2.05, 4.69) is 21.2 Å². The number of carbonyl (C=O) groups excluding carboxylic acids is 1. The van der Waals surface area contributed by atoms with Crippen molar-refractivity contribution in [2.45, 2.75) is 13.8 Å². The van der Waals surface area contributed by atoms with Crippen molar-refractivity contribution >= 4 is 33.2 Å². The van der Waals surface area contributed by atoms with Crippen LogP contribution in [0.2, 0.25) is 0 Å². The second-order valence-electron chi connectivity index (χ2n) is 4.82. The third kappa shape index (κ3) is 3.98. The van der Waals surface area contributed by atoms with Crippen LogP contribution >= 0.6 is 15.9 Å². The number of hydrogen-bond acceptors (Lipinski definition) is 3. The van der Waals surface area contributed by atoms with Crippen molar-refractivity contribution < 1.29 is 9.53 Å². The van der Waals surface area contributed by atoms with Crippen molar-refractivity contribution in [3.8, 4) is 5.75 Å². The van der Waals surface area contributed by atoms with E-state index in [1.807, 2.05) is 38.1 Å². The van der Waals surface area contributed by atoms with Crippen molar-refractivity contribution in [1.29, 1.82) is 0 Å². The summed E-state index contributed by atoms with van der Waals surface area (Å²) in [6.07, 6.45) is 0. The average molecular weight is 349 g/mol. The minimum absolute atomic E-state index is 0.0726. The number of para-hydroxylation sites is 2. The molecule has 21 heavy (non-hydrogen) atoms. The molecule has 0 aliphatic rings. The number of halogens is 1. The second-order valence-corrected chi connectivity index (χ2v) is 5.67. The highest BCUT2D eigenvalue weighted by atomic mass is 79.9. The summed E-state index contributed by atoms with van der Waals surface area (Å²) in [6.45, 7) is 3.88. The van der Waals surface area contributed by atoms with Crippen molar-refractivity contribution in [3.05, 3.63) is 52.0 Å². The SMILES string of the molecule is Cc1cc(C)c(OCC(=O)Nc2ccccc2N)c(Br)c1. The van der Waals surface area contributed by atoms with Crippen LogP contribution in [0.3, 0.4) is 0 Å².